The third-order valence-corrected chi connectivity index (χ3v) is 14.8. The van der Waals surface area contributed by atoms with Gasteiger partial charge in [0.2, 0.25) is 5.91 Å². The van der Waals surface area contributed by atoms with Gasteiger partial charge in [0.25, 0.3) is 0 Å². The summed E-state index contributed by atoms with van der Waals surface area (Å²) in [5, 5.41) is 3.06. The second kappa shape index (κ2) is 57.2. The van der Waals surface area contributed by atoms with Gasteiger partial charge in [0.05, 0.1) is 33.8 Å². The summed E-state index contributed by atoms with van der Waals surface area (Å²) < 4.78 is 30.7. The molecular formula is C68H122N2O7P+. The topological polar surface area (TPSA) is 111 Å². The second-order valence-corrected chi connectivity index (χ2v) is 24.0. The van der Waals surface area contributed by atoms with Crippen LogP contribution in [0.1, 0.15) is 271 Å². The fourth-order valence-corrected chi connectivity index (χ4v) is 9.62. The van der Waals surface area contributed by atoms with Crippen molar-refractivity contribution in [3.63, 3.8) is 0 Å². The van der Waals surface area contributed by atoms with Crippen LogP contribution >= 0.6 is 7.82 Å². The lowest BCUT2D eigenvalue weighted by atomic mass is 10.0. The SMILES string of the molecule is CC/C=C\C/C=C\C/C=C\C/C=C\C/C=C\CCCCCCCCCCCC(=O)NC(COP(=O)(O)OCC[N+](C)(C)C)C(/C=C\CCCCCCCCCCCCC)OC(=O)CCCCCCCCC/C=C/C/C=C/CC. The van der Waals surface area contributed by atoms with Crippen LogP contribution in [-0.2, 0) is 27.9 Å². The number of carbonyl (C=O) groups is 2. The number of likely N-dealkylation sites (N-methyl/N-ethyl adjacent to an activating group) is 1. The number of unbranched alkanes of at least 4 members (excludes halogenated alkanes) is 27. The molecule has 1 amide bonds. The highest BCUT2D eigenvalue weighted by molar-refractivity contribution is 7.47. The highest BCUT2D eigenvalue weighted by atomic mass is 31.2. The number of amides is 1. The van der Waals surface area contributed by atoms with Gasteiger partial charge >= 0.3 is 13.8 Å². The van der Waals surface area contributed by atoms with Gasteiger partial charge in [0.15, 0.2) is 0 Å². The smallest absolute Gasteiger partial charge is 0.456 e. The lowest BCUT2D eigenvalue weighted by Crippen LogP contribution is -2.47. The number of allylic oxidation sites excluding steroid dienone is 15. The van der Waals surface area contributed by atoms with E-state index < -0.39 is 20.0 Å². The third kappa shape index (κ3) is 57.6. The summed E-state index contributed by atoms with van der Waals surface area (Å²) in [6, 6.07) is -0.860. The lowest BCUT2D eigenvalue weighted by Gasteiger charge is -2.27. The van der Waals surface area contributed by atoms with Crippen LogP contribution in [0.5, 0.6) is 0 Å². The number of phosphoric acid groups is 1. The predicted octanol–water partition coefficient (Wildman–Crippen LogP) is 19.9. The van der Waals surface area contributed by atoms with Gasteiger partial charge in [-0.2, -0.15) is 0 Å². The van der Waals surface area contributed by atoms with Crippen molar-refractivity contribution < 1.29 is 37.3 Å². The normalized spacial score (nSPS) is 14.3. The fourth-order valence-electron chi connectivity index (χ4n) is 8.89. The second-order valence-electron chi connectivity index (χ2n) is 22.5. The molecule has 2 N–H and O–H groups in total. The van der Waals surface area contributed by atoms with Crippen molar-refractivity contribution in [1.29, 1.82) is 0 Å². The van der Waals surface area contributed by atoms with Crippen LogP contribution in [0.15, 0.2) is 97.2 Å². The Labute approximate surface area is 481 Å². The van der Waals surface area contributed by atoms with Gasteiger partial charge in [-0.15, -0.1) is 0 Å². The van der Waals surface area contributed by atoms with Gasteiger partial charge in [-0.05, 0) is 102 Å². The molecule has 0 rings (SSSR count). The number of hydrogen-bond donors (Lipinski definition) is 2. The molecule has 9 nitrogen and oxygen atoms in total. The molecule has 0 saturated heterocycles. The maximum atomic E-state index is 13.6. The van der Waals surface area contributed by atoms with Crippen molar-refractivity contribution >= 4 is 19.7 Å². The Hall–Kier alpha value is -3.07. The van der Waals surface area contributed by atoms with Crippen LogP contribution in [-0.4, -0.2) is 74.3 Å². The summed E-state index contributed by atoms with van der Waals surface area (Å²) in [7, 11) is 1.48. The summed E-state index contributed by atoms with van der Waals surface area (Å²) in [6.45, 7) is 6.79. The number of rotatable bonds is 57. The Morgan fingerprint density at radius 3 is 1.23 bits per heavy atom. The summed E-state index contributed by atoms with van der Waals surface area (Å²) in [6.07, 6.45) is 76.9. The Bertz CT molecular complexity index is 1660. The Morgan fingerprint density at radius 2 is 0.821 bits per heavy atom. The summed E-state index contributed by atoms with van der Waals surface area (Å²) in [5.41, 5.74) is 0. The van der Waals surface area contributed by atoms with E-state index in [9.17, 15) is 19.0 Å². The van der Waals surface area contributed by atoms with Gasteiger partial charge in [-0.25, -0.2) is 4.57 Å². The Morgan fingerprint density at radius 1 is 0.462 bits per heavy atom. The van der Waals surface area contributed by atoms with E-state index in [2.05, 4.69) is 111 Å². The van der Waals surface area contributed by atoms with Crippen LogP contribution in [0.4, 0.5) is 0 Å². The Kier molecular flexibility index (Phi) is 54.9. The first kappa shape index (κ1) is 74.9. The molecule has 0 aliphatic heterocycles. The minimum atomic E-state index is -4.46. The molecule has 0 saturated carbocycles. The molecule has 0 aromatic heterocycles. The fraction of sp³-hybridized carbons (Fsp3) is 0.735. The van der Waals surface area contributed by atoms with E-state index in [-0.39, 0.29) is 31.5 Å². The molecule has 3 unspecified atom stereocenters. The predicted molar refractivity (Wildman–Crippen MR) is 337 cm³/mol. The van der Waals surface area contributed by atoms with Crippen molar-refractivity contribution in [3.05, 3.63) is 97.2 Å². The zero-order valence-electron chi connectivity index (χ0n) is 51.4. The van der Waals surface area contributed by atoms with E-state index in [4.69, 9.17) is 13.8 Å². The molecule has 0 fully saturated rings. The van der Waals surface area contributed by atoms with E-state index >= 15 is 0 Å². The molecular weight excluding hydrogens is 988 g/mol. The quantitative estimate of drug-likeness (QED) is 0.0205. The van der Waals surface area contributed by atoms with Crippen molar-refractivity contribution in [1.82, 2.24) is 5.32 Å². The number of esters is 1. The van der Waals surface area contributed by atoms with Crippen molar-refractivity contribution in [2.75, 3.05) is 40.9 Å². The Balaban J connectivity index is 5.18. The van der Waals surface area contributed by atoms with Gasteiger partial charge in [-0.1, -0.05) is 253 Å². The third-order valence-electron chi connectivity index (χ3n) is 13.8. The lowest BCUT2D eigenvalue weighted by molar-refractivity contribution is -0.870. The van der Waals surface area contributed by atoms with Crippen molar-refractivity contribution in [2.45, 2.75) is 283 Å². The van der Waals surface area contributed by atoms with E-state index in [1.807, 2.05) is 33.3 Å². The van der Waals surface area contributed by atoms with E-state index in [0.717, 1.165) is 128 Å². The van der Waals surface area contributed by atoms with E-state index in [1.54, 1.807) is 0 Å². The largest absolute Gasteiger partial charge is 0.472 e. The average Bonchev–Trinajstić information content (AvgIpc) is 3.40. The van der Waals surface area contributed by atoms with E-state index in [0.29, 0.717) is 17.4 Å². The van der Waals surface area contributed by atoms with Gasteiger partial charge in [0.1, 0.15) is 19.3 Å². The molecule has 0 aliphatic rings. The van der Waals surface area contributed by atoms with Crippen molar-refractivity contribution in [2.24, 2.45) is 0 Å². The molecule has 0 aliphatic carbocycles. The molecule has 0 heterocycles. The van der Waals surface area contributed by atoms with Gasteiger partial charge < -0.3 is 19.4 Å². The molecule has 0 radical (unpaired) electrons. The number of carbonyl (C=O) groups excluding carboxylic acids is 2. The first-order chi connectivity index (χ1) is 37.9. The standard InChI is InChI=1S/C68H121N2O7P/c1-7-10-13-16-19-22-25-28-30-31-32-33-34-35-36-37-38-39-40-42-45-48-51-54-57-60-67(71)69-65(64-76-78(73,74)75-63-62-70(4,5)6)66(59-56-53-50-47-44-41-27-24-21-18-15-12-9-3)77-68(72)61-58-55-52-49-46-43-29-26-23-20-17-14-11-8-2/h10-11,13-14,19-20,22-23,28,30,32-33,35-36,56,59,65-66H,7-9,12,15-18,21,24-27,29,31,34,37-55,57-58,60-64H2,1-6H3,(H-,69,71,73,74)/p+1/b13-10-,14-11+,22-19-,23-20+,30-28-,33-32-,36-35-,59-56-. The van der Waals surface area contributed by atoms with Crippen LogP contribution in [0.3, 0.4) is 0 Å². The zero-order valence-corrected chi connectivity index (χ0v) is 52.3. The number of nitrogens with one attached hydrogen (secondary N) is 1. The monoisotopic (exact) mass is 1110 g/mol. The number of hydrogen-bond acceptors (Lipinski definition) is 6. The molecule has 0 spiro atoms. The molecule has 450 valence electrons. The minimum absolute atomic E-state index is 0.0337. The first-order valence-corrected chi connectivity index (χ1v) is 33.6. The number of ether oxygens (including phenoxy) is 1. The number of phosphoric ester groups is 1. The van der Waals surface area contributed by atoms with E-state index in [1.165, 1.54) is 109 Å². The van der Waals surface area contributed by atoms with Crippen LogP contribution in [0, 0.1) is 0 Å². The average molecular weight is 1110 g/mol. The summed E-state index contributed by atoms with van der Waals surface area (Å²) in [4.78, 5) is 37.8. The molecule has 0 bridgehead atoms. The molecule has 3 atom stereocenters. The highest BCUT2D eigenvalue weighted by Crippen LogP contribution is 2.43. The first-order valence-electron chi connectivity index (χ1n) is 32.1. The van der Waals surface area contributed by atoms with Gasteiger partial charge in [0, 0.05) is 12.8 Å². The van der Waals surface area contributed by atoms with Crippen LogP contribution in [0.25, 0.3) is 0 Å². The van der Waals surface area contributed by atoms with Crippen LogP contribution in [0.2, 0.25) is 0 Å². The number of quaternary nitrogens is 1. The molecule has 0 aromatic carbocycles. The molecule has 10 heteroatoms. The molecule has 78 heavy (non-hydrogen) atoms. The maximum Gasteiger partial charge on any atom is 0.472 e. The maximum absolute atomic E-state index is 13.6. The molecule has 0 aromatic rings. The summed E-state index contributed by atoms with van der Waals surface area (Å²) >= 11 is 0. The van der Waals surface area contributed by atoms with Crippen molar-refractivity contribution in [3.8, 4) is 0 Å². The zero-order chi connectivity index (χ0) is 57.2. The number of nitrogens with zero attached hydrogens (tertiary/aromatic N) is 1. The van der Waals surface area contributed by atoms with Gasteiger partial charge in [-0.3, -0.25) is 18.6 Å². The van der Waals surface area contributed by atoms with Crippen LogP contribution < -0.4 is 5.32 Å². The summed E-state index contributed by atoms with van der Waals surface area (Å²) in [5.74, 6) is -0.523. The highest BCUT2D eigenvalue weighted by Gasteiger charge is 2.30. The minimum Gasteiger partial charge on any atom is -0.456 e.